The van der Waals surface area contributed by atoms with Crippen LogP contribution in [0.15, 0.2) is 59.1 Å². The summed E-state index contributed by atoms with van der Waals surface area (Å²) >= 11 is 5.93. The van der Waals surface area contributed by atoms with Gasteiger partial charge in [-0.05, 0) is 54.7 Å². The number of hydrogen-bond donors (Lipinski definition) is 0. The predicted molar refractivity (Wildman–Crippen MR) is 110 cm³/mol. The van der Waals surface area contributed by atoms with Crippen LogP contribution in [-0.2, 0) is 17.6 Å². The minimum Gasteiger partial charge on any atom is -0.441 e. The third-order valence-corrected chi connectivity index (χ3v) is 5.69. The summed E-state index contributed by atoms with van der Waals surface area (Å²) in [4.78, 5) is 19.0. The molecule has 4 nitrogen and oxygen atoms in total. The van der Waals surface area contributed by atoms with Gasteiger partial charge in [0.2, 0.25) is 5.91 Å². The molecule has 3 aromatic rings. The van der Waals surface area contributed by atoms with Crippen LogP contribution in [0.5, 0.6) is 0 Å². The van der Waals surface area contributed by atoms with Crippen molar-refractivity contribution in [2.24, 2.45) is 0 Å². The molecule has 144 valence electrons. The Labute approximate surface area is 170 Å². The monoisotopic (exact) mass is 394 g/mol. The first-order valence-electron chi connectivity index (χ1n) is 9.66. The molecule has 0 spiro atoms. The molecule has 0 unspecified atom stereocenters. The molecule has 2 aromatic carbocycles. The van der Waals surface area contributed by atoms with Crippen LogP contribution in [0.1, 0.15) is 42.3 Å². The number of rotatable bonds is 5. The maximum Gasteiger partial charge on any atom is 0.223 e. The predicted octanol–water partition coefficient (Wildman–Crippen LogP) is 5.46. The largest absolute Gasteiger partial charge is 0.441 e. The fraction of sp³-hybridized carbons (Fsp3) is 0.304. The first kappa shape index (κ1) is 18.8. The molecule has 0 radical (unpaired) electrons. The highest BCUT2D eigenvalue weighted by molar-refractivity contribution is 6.30. The van der Waals surface area contributed by atoms with Crippen LogP contribution in [0.3, 0.4) is 0 Å². The van der Waals surface area contributed by atoms with Crippen LogP contribution < -0.4 is 0 Å². The van der Waals surface area contributed by atoms with Crippen molar-refractivity contribution in [3.8, 4) is 11.3 Å². The molecule has 28 heavy (non-hydrogen) atoms. The molecular formula is C23H23ClN2O2. The van der Waals surface area contributed by atoms with Gasteiger partial charge in [-0.15, -0.1) is 0 Å². The number of aryl methyl sites for hydroxylation is 2. The smallest absolute Gasteiger partial charge is 0.223 e. The maximum atomic E-state index is 12.8. The number of carbonyl (C=O) groups excluding carboxylic acids is 1. The summed E-state index contributed by atoms with van der Waals surface area (Å²) in [6.07, 6.45) is 5.80. The molecule has 1 aromatic heterocycles. The zero-order valence-corrected chi connectivity index (χ0v) is 16.7. The van der Waals surface area contributed by atoms with Crippen molar-refractivity contribution in [1.82, 2.24) is 9.88 Å². The quantitative estimate of drug-likeness (QED) is 0.577. The summed E-state index contributed by atoms with van der Waals surface area (Å²) in [5.74, 6) is 1.39. The highest BCUT2D eigenvalue weighted by atomic mass is 35.5. The molecule has 1 aliphatic rings. The van der Waals surface area contributed by atoms with Gasteiger partial charge in [0, 0.05) is 30.5 Å². The van der Waals surface area contributed by atoms with Crippen LogP contribution in [0.2, 0.25) is 5.02 Å². The molecule has 0 saturated carbocycles. The molecule has 0 N–H and O–H groups in total. The van der Waals surface area contributed by atoms with E-state index in [-0.39, 0.29) is 11.9 Å². The summed E-state index contributed by atoms with van der Waals surface area (Å²) in [5.41, 5.74) is 3.56. The molecule has 0 aliphatic heterocycles. The van der Waals surface area contributed by atoms with Crippen LogP contribution in [0, 0.1) is 0 Å². The number of nitrogens with zero attached hydrogens (tertiary/aromatic N) is 2. The van der Waals surface area contributed by atoms with E-state index in [1.165, 1.54) is 11.1 Å². The Bertz CT molecular complexity index is 965. The zero-order chi connectivity index (χ0) is 19.5. The van der Waals surface area contributed by atoms with E-state index in [1.807, 2.05) is 36.2 Å². The number of aromatic nitrogens is 1. The van der Waals surface area contributed by atoms with Gasteiger partial charge < -0.3 is 9.32 Å². The Morgan fingerprint density at radius 2 is 2.00 bits per heavy atom. The number of halogens is 1. The SMILES string of the molecule is CN(C(=O)CCc1ncc(-c2ccc(Cl)cc2)o1)[C@@H]1CCCc2ccccc21. The van der Waals surface area contributed by atoms with E-state index in [0.29, 0.717) is 29.5 Å². The molecule has 0 fully saturated rings. The van der Waals surface area contributed by atoms with Crippen LogP contribution in [0.25, 0.3) is 11.3 Å². The second-order valence-electron chi connectivity index (χ2n) is 7.24. The van der Waals surface area contributed by atoms with Crippen LogP contribution >= 0.6 is 11.6 Å². The Morgan fingerprint density at radius 1 is 1.21 bits per heavy atom. The van der Waals surface area contributed by atoms with Crippen molar-refractivity contribution in [3.05, 3.63) is 76.8 Å². The minimum atomic E-state index is 0.118. The molecule has 1 heterocycles. The first-order valence-corrected chi connectivity index (χ1v) is 10.0. The highest BCUT2D eigenvalue weighted by Gasteiger charge is 2.26. The van der Waals surface area contributed by atoms with E-state index >= 15 is 0 Å². The summed E-state index contributed by atoms with van der Waals surface area (Å²) in [6, 6.07) is 16.0. The van der Waals surface area contributed by atoms with Gasteiger partial charge in [0.1, 0.15) is 0 Å². The Balaban J connectivity index is 1.39. The second kappa shape index (κ2) is 8.19. The van der Waals surface area contributed by atoms with E-state index in [2.05, 4.69) is 29.2 Å². The maximum absolute atomic E-state index is 12.8. The molecule has 0 saturated heterocycles. The number of amides is 1. The lowest BCUT2D eigenvalue weighted by Crippen LogP contribution is -2.33. The van der Waals surface area contributed by atoms with Crippen molar-refractivity contribution < 1.29 is 9.21 Å². The number of hydrogen-bond acceptors (Lipinski definition) is 3. The Hall–Kier alpha value is -2.59. The van der Waals surface area contributed by atoms with E-state index in [9.17, 15) is 4.79 Å². The summed E-state index contributed by atoms with van der Waals surface area (Å²) in [7, 11) is 1.91. The molecule has 1 atom stereocenters. The van der Waals surface area contributed by atoms with Crippen molar-refractivity contribution in [1.29, 1.82) is 0 Å². The van der Waals surface area contributed by atoms with Gasteiger partial charge in [-0.25, -0.2) is 4.98 Å². The number of benzene rings is 2. The summed E-state index contributed by atoms with van der Waals surface area (Å²) < 4.78 is 5.82. The summed E-state index contributed by atoms with van der Waals surface area (Å²) in [6.45, 7) is 0. The van der Waals surface area contributed by atoms with Crippen LogP contribution in [-0.4, -0.2) is 22.8 Å². The average molecular weight is 395 g/mol. The second-order valence-corrected chi connectivity index (χ2v) is 7.67. The lowest BCUT2D eigenvalue weighted by atomic mass is 9.87. The Kier molecular flexibility index (Phi) is 5.49. The molecule has 1 aliphatic carbocycles. The third-order valence-electron chi connectivity index (χ3n) is 5.43. The topological polar surface area (TPSA) is 46.3 Å². The number of carbonyl (C=O) groups is 1. The standard InChI is InChI=1S/C23H23ClN2O2/c1-26(20-8-4-6-16-5-2-3-7-19(16)20)23(27)14-13-22-25-15-21(28-22)17-9-11-18(24)12-10-17/h2-3,5,7,9-12,15,20H,4,6,8,13-14H2,1H3/t20-/m1/s1. The van der Waals surface area contributed by atoms with Gasteiger partial charge in [0.25, 0.3) is 0 Å². The van der Waals surface area contributed by atoms with Gasteiger partial charge in [-0.1, -0.05) is 35.9 Å². The number of oxazole rings is 1. The fourth-order valence-electron chi connectivity index (χ4n) is 3.87. The third kappa shape index (κ3) is 3.97. The molecule has 5 heteroatoms. The lowest BCUT2D eigenvalue weighted by molar-refractivity contribution is -0.132. The van der Waals surface area contributed by atoms with Crippen LogP contribution in [0.4, 0.5) is 0 Å². The normalized spacial score (nSPS) is 15.9. The average Bonchev–Trinajstić information content (AvgIpc) is 3.20. The highest BCUT2D eigenvalue weighted by Crippen LogP contribution is 2.33. The van der Waals surface area contributed by atoms with Gasteiger partial charge in [-0.2, -0.15) is 0 Å². The lowest BCUT2D eigenvalue weighted by Gasteiger charge is -2.33. The number of fused-ring (bicyclic) bond motifs is 1. The van der Waals surface area contributed by atoms with E-state index in [4.69, 9.17) is 16.0 Å². The molecular weight excluding hydrogens is 372 g/mol. The van der Waals surface area contributed by atoms with E-state index in [1.54, 1.807) is 6.20 Å². The molecule has 4 rings (SSSR count). The summed E-state index contributed by atoms with van der Waals surface area (Å²) in [5, 5.41) is 0.682. The van der Waals surface area contributed by atoms with Crippen molar-refractivity contribution in [2.45, 2.75) is 38.1 Å². The molecule has 1 amide bonds. The zero-order valence-electron chi connectivity index (χ0n) is 15.9. The van der Waals surface area contributed by atoms with Crippen molar-refractivity contribution >= 4 is 17.5 Å². The van der Waals surface area contributed by atoms with Gasteiger partial charge in [-0.3, -0.25) is 4.79 Å². The first-order chi connectivity index (χ1) is 13.6. The van der Waals surface area contributed by atoms with E-state index in [0.717, 1.165) is 24.8 Å². The fourth-order valence-corrected chi connectivity index (χ4v) is 3.99. The Morgan fingerprint density at radius 3 is 2.82 bits per heavy atom. The van der Waals surface area contributed by atoms with Gasteiger partial charge in [0.15, 0.2) is 11.7 Å². The van der Waals surface area contributed by atoms with Crippen molar-refractivity contribution in [3.63, 3.8) is 0 Å². The van der Waals surface area contributed by atoms with E-state index < -0.39 is 0 Å². The van der Waals surface area contributed by atoms with Crippen molar-refractivity contribution in [2.75, 3.05) is 7.05 Å². The molecule has 0 bridgehead atoms. The van der Waals surface area contributed by atoms with Gasteiger partial charge in [0.05, 0.1) is 12.2 Å². The van der Waals surface area contributed by atoms with Gasteiger partial charge >= 0.3 is 0 Å². The minimum absolute atomic E-state index is 0.118.